The topological polar surface area (TPSA) is 61.7 Å². The molecule has 4 nitrogen and oxygen atoms in total. The van der Waals surface area contributed by atoms with Gasteiger partial charge in [0.15, 0.2) is 0 Å². The predicted molar refractivity (Wildman–Crippen MR) is 77.1 cm³/mol. The summed E-state index contributed by atoms with van der Waals surface area (Å²) >= 11 is 0. The van der Waals surface area contributed by atoms with Crippen LogP contribution in [0.25, 0.3) is 0 Å². The highest BCUT2D eigenvalue weighted by molar-refractivity contribution is 4.83. The van der Waals surface area contributed by atoms with E-state index in [2.05, 4.69) is 26.1 Å². The first-order chi connectivity index (χ1) is 9.02. The van der Waals surface area contributed by atoms with Crippen LogP contribution in [0, 0.1) is 11.8 Å². The van der Waals surface area contributed by atoms with Gasteiger partial charge < -0.3 is 20.3 Å². The van der Waals surface area contributed by atoms with Crippen molar-refractivity contribution in [1.82, 2.24) is 5.32 Å². The number of hydrogen-bond donors (Lipinski definition) is 3. The normalized spacial score (nSPS) is 26.8. The highest BCUT2D eigenvalue weighted by atomic mass is 16.5. The van der Waals surface area contributed by atoms with Crippen LogP contribution in [-0.4, -0.2) is 48.2 Å². The molecule has 4 unspecified atom stereocenters. The van der Waals surface area contributed by atoms with Crippen molar-refractivity contribution in [2.24, 2.45) is 11.8 Å². The summed E-state index contributed by atoms with van der Waals surface area (Å²) in [7, 11) is 0. The fourth-order valence-corrected chi connectivity index (χ4v) is 2.88. The summed E-state index contributed by atoms with van der Waals surface area (Å²) in [6, 6.07) is 0.354. The largest absolute Gasteiger partial charge is 0.396 e. The van der Waals surface area contributed by atoms with Crippen LogP contribution in [0.3, 0.4) is 0 Å². The second kappa shape index (κ2) is 8.90. The van der Waals surface area contributed by atoms with E-state index < -0.39 is 6.10 Å². The van der Waals surface area contributed by atoms with E-state index in [1.807, 2.05) is 0 Å². The third-order valence-electron chi connectivity index (χ3n) is 3.89. The average molecular weight is 273 g/mol. The summed E-state index contributed by atoms with van der Waals surface area (Å²) in [6.45, 7) is 7.58. The van der Waals surface area contributed by atoms with Crippen LogP contribution in [0.2, 0.25) is 0 Å². The lowest BCUT2D eigenvalue weighted by atomic mass is 10.1. The van der Waals surface area contributed by atoms with Crippen LogP contribution in [0.1, 0.15) is 46.5 Å². The summed E-state index contributed by atoms with van der Waals surface area (Å²) in [4.78, 5) is 0. The average Bonchev–Trinajstić information content (AvgIpc) is 2.80. The van der Waals surface area contributed by atoms with E-state index in [9.17, 15) is 10.2 Å². The molecule has 3 N–H and O–H groups in total. The van der Waals surface area contributed by atoms with Gasteiger partial charge in [-0.15, -0.1) is 0 Å². The number of nitrogens with one attached hydrogen (secondary N) is 1. The van der Waals surface area contributed by atoms with E-state index in [4.69, 9.17) is 4.74 Å². The molecule has 19 heavy (non-hydrogen) atoms. The first kappa shape index (κ1) is 16.9. The second-order valence-electron chi connectivity index (χ2n) is 6.32. The SMILES string of the molecule is CC(C)CC(C)OCC(O)CNC1CCCC1CO. The summed E-state index contributed by atoms with van der Waals surface area (Å²) in [5, 5.41) is 22.5. The van der Waals surface area contributed by atoms with Gasteiger partial charge in [-0.1, -0.05) is 20.3 Å². The molecular formula is C15H31NO3. The number of aliphatic hydroxyl groups excluding tert-OH is 2. The molecule has 1 aliphatic rings. The third-order valence-corrected chi connectivity index (χ3v) is 3.89. The molecular weight excluding hydrogens is 242 g/mol. The van der Waals surface area contributed by atoms with E-state index in [-0.39, 0.29) is 12.7 Å². The molecule has 0 saturated heterocycles. The summed E-state index contributed by atoms with van der Waals surface area (Å²) in [5.41, 5.74) is 0. The first-order valence-corrected chi connectivity index (χ1v) is 7.66. The van der Waals surface area contributed by atoms with Crippen LogP contribution in [0.4, 0.5) is 0 Å². The van der Waals surface area contributed by atoms with Crippen LogP contribution in [0.15, 0.2) is 0 Å². The smallest absolute Gasteiger partial charge is 0.0897 e. The Hall–Kier alpha value is -0.160. The zero-order valence-electron chi connectivity index (χ0n) is 12.6. The zero-order chi connectivity index (χ0) is 14.3. The molecule has 4 atom stereocenters. The van der Waals surface area contributed by atoms with Crippen LogP contribution in [-0.2, 0) is 4.74 Å². The maximum atomic E-state index is 9.90. The molecule has 0 aromatic carbocycles. The molecule has 0 aromatic heterocycles. The fraction of sp³-hybridized carbons (Fsp3) is 1.00. The van der Waals surface area contributed by atoms with Gasteiger partial charge in [-0.3, -0.25) is 0 Å². The molecule has 0 aromatic rings. The number of rotatable bonds is 9. The van der Waals surface area contributed by atoms with Gasteiger partial charge in [0.2, 0.25) is 0 Å². The van der Waals surface area contributed by atoms with E-state index in [1.54, 1.807) is 0 Å². The Kier molecular flexibility index (Phi) is 7.91. The highest BCUT2D eigenvalue weighted by Crippen LogP contribution is 2.24. The highest BCUT2D eigenvalue weighted by Gasteiger charge is 2.26. The Morgan fingerprint density at radius 1 is 1.26 bits per heavy atom. The minimum atomic E-state index is -0.463. The van der Waals surface area contributed by atoms with Crippen molar-refractivity contribution in [2.75, 3.05) is 19.8 Å². The number of hydrogen-bond acceptors (Lipinski definition) is 4. The Morgan fingerprint density at radius 3 is 2.63 bits per heavy atom. The molecule has 0 heterocycles. The fourth-order valence-electron chi connectivity index (χ4n) is 2.88. The van der Waals surface area contributed by atoms with Crippen molar-refractivity contribution in [2.45, 2.75) is 64.7 Å². The van der Waals surface area contributed by atoms with E-state index in [0.717, 1.165) is 19.3 Å². The predicted octanol–water partition coefficient (Wildman–Crippen LogP) is 1.55. The van der Waals surface area contributed by atoms with Crippen molar-refractivity contribution < 1.29 is 14.9 Å². The Balaban J connectivity index is 2.12. The van der Waals surface area contributed by atoms with Crippen molar-refractivity contribution in [3.63, 3.8) is 0 Å². The van der Waals surface area contributed by atoms with Gasteiger partial charge in [-0.05, 0) is 38.0 Å². The summed E-state index contributed by atoms with van der Waals surface area (Å²) < 4.78 is 5.64. The van der Waals surface area contributed by atoms with Crippen molar-refractivity contribution in [3.8, 4) is 0 Å². The molecule has 0 spiro atoms. The molecule has 114 valence electrons. The van der Waals surface area contributed by atoms with Gasteiger partial charge in [0.25, 0.3) is 0 Å². The quantitative estimate of drug-likeness (QED) is 0.596. The van der Waals surface area contributed by atoms with Crippen LogP contribution in [0.5, 0.6) is 0 Å². The van der Waals surface area contributed by atoms with Gasteiger partial charge in [0.05, 0.1) is 18.8 Å². The number of aliphatic hydroxyl groups is 2. The minimum absolute atomic E-state index is 0.200. The maximum absolute atomic E-state index is 9.90. The van der Waals surface area contributed by atoms with Crippen molar-refractivity contribution in [1.29, 1.82) is 0 Å². The molecule has 0 radical (unpaired) electrons. The van der Waals surface area contributed by atoms with Gasteiger partial charge in [-0.2, -0.15) is 0 Å². The van der Waals surface area contributed by atoms with E-state index in [1.165, 1.54) is 6.42 Å². The molecule has 0 bridgehead atoms. The monoisotopic (exact) mass is 273 g/mol. The van der Waals surface area contributed by atoms with E-state index in [0.29, 0.717) is 31.0 Å². The lowest BCUT2D eigenvalue weighted by Gasteiger charge is -2.22. The lowest BCUT2D eigenvalue weighted by Crippen LogP contribution is -2.40. The molecule has 1 saturated carbocycles. The standard InChI is InChI=1S/C15H31NO3/c1-11(2)7-12(3)19-10-14(18)8-16-15-6-4-5-13(15)9-17/h11-18H,4-10H2,1-3H3. The Morgan fingerprint density at radius 2 is 2.00 bits per heavy atom. The van der Waals surface area contributed by atoms with Gasteiger partial charge >= 0.3 is 0 Å². The Labute approximate surface area is 117 Å². The minimum Gasteiger partial charge on any atom is -0.396 e. The van der Waals surface area contributed by atoms with Crippen LogP contribution < -0.4 is 5.32 Å². The summed E-state index contributed by atoms with van der Waals surface area (Å²) in [5.74, 6) is 0.974. The number of ether oxygens (including phenoxy) is 1. The van der Waals surface area contributed by atoms with E-state index >= 15 is 0 Å². The lowest BCUT2D eigenvalue weighted by molar-refractivity contribution is -0.00984. The molecule has 1 fully saturated rings. The van der Waals surface area contributed by atoms with Crippen LogP contribution >= 0.6 is 0 Å². The third kappa shape index (κ3) is 6.70. The molecule has 4 heteroatoms. The molecule has 0 amide bonds. The van der Waals surface area contributed by atoms with Crippen molar-refractivity contribution in [3.05, 3.63) is 0 Å². The van der Waals surface area contributed by atoms with Crippen molar-refractivity contribution >= 4 is 0 Å². The Bertz CT molecular complexity index is 235. The summed E-state index contributed by atoms with van der Waals surface area (Å²) in [6.07, 6.45) is 4.12. The molecule has 1 rings (SSSR count). The first-order valence-electron chi connectivity index (χ1n) is 7.66. The van der Waals surface area contributed by atoms with Gasteiger partial charge in [-0.25, -0.2) is 0 Å². The zero-order valence-corrected chi connectivity index (χ0v) is 12.6. The second-order valence-corrected chi connectivity index (χ2v) is 6.32. The van der Waals surface area contributed by atoms with Gasteiger partial charge in [0.1, 0.15) is 0 Å². The maximum Gasteiger partial charge on any atom is 0.0897 e. The molecule has 0 aliphatic heterocycles. The molecule has 1 aliphatic carbocycles. The van der Waals surface area contributed by atoms with Gasteiger partial charge in [0, 0.05) is 19.2 Å².